The molecule has 1 saturated heterocycles. The third-order valence-electron chi connectivity index (χ3n) is 3.27. The van der Waals surface area contributed by atoms with E-state index in [-0.39, 0.29) is 5.92 Å². The zero-order valence-corrected chi connectivity index (χ0v) is 10.2. The van der Waals surface area contributed by atoms with Crippen molar-refractivity contribution in [2.45, 2.75) is 18.8 Å². The molecule has 0 bridgehead atoms. The molecular formula is C13H13F2N3O. The summed E-state index contributed by atoms with van der Waals surface area (Å²) in [5.74, 6) is -0.765. The van der Waals surface area contributed by atoms with E-state index in [0.717, 1.165) is 38.1 Å². The topological polar surface area (TPSA) is 51.0 Å². The number of halogens is 2. The van der Waals surface area contributed by atoms with E-state index >= 15 is 0 Å². The Morgan fingerprint density at radius 2 is 2.16 bits per heavy atom. The van der Waals surface area contributed by atoms with Gasteiger partial charge < -0.3 is 9.84 Å². The smallest absolute Gasteiger partial charge is 0.231 e. The van der Waals surface area contributed by atoms with E-state index in [1.807, 2.05) is 0 Å². The van der Waals surface area contributed by atoms with Gasteiger partial charge in [0.15, 0.2) is 11.6 Å². The van der Waals surface area contributed by atoms with E-state index < -0.39 is 11.6 Å². The highest BCUT2D eigenvalue weighted by atomic mass is 19.2. The molecule has 1 aliphatic heterocycles. The summed E-state index contributed by atoms with van der Waals surface area (Å²) < 4.78 is 31.2. The monoisotopic (exact) mass is 265 g/mol. The first-order chi connectivity index (χ1) is 9.24. The Labute approximate surface area is 108 Å². The van der Waals surface area contributed by atoms with Crippen LogP contribution in [0.4, 0.5) is 8.78 Å². The van der Waals surface area contributed by atoms with Crippen LogP contribution in [0.15, 0.2) is 22.7 Å². The van der Waals surface area contributed by atoms with E-state index in [1.165, 1.54) is 6.07 Å². The zero-order chi connectivity index (χ0) is 13.2. The largest absolute Gasteiger partial charge is 0.339 e. The minimum absolute atomic E-state index is 0.195. The molecule has 1 fully saturated rings. The highest BCUT2D eigenvalue weighted by molar-refractivity contribution is 5.54. The molecule has 19 heavy (non-hydrogen) atoms. The van der Waals surface area contributed by atoms with E-state index in [9.17, 15) is 8.78 Å². The lowest BCUT2D eigenvalue weighted by molar-refractivity contribution is 0.322. The highest BCUT2D eigenvalue weighted by Gasteiger charge is 2.21. The molecule has 1 aromatic carbocycles. The van der Waals surface area contributed by atoms with E-state index in [2.05, 4.69) is 15.5 Å². The van der Waals surface area contributed by atoms with Crippen LogP contribution in [0.5, 0.6) is 0 Å². The van der Waals surface area contributed by atoms with Crippen molar-refractivity contribution in [2.24, 2.45) is 0 Å². The number of benzene rings is 1. The Balaban J connectivity index is 1.85. The average Bonchev–Trinajstić information content (AvgIpc) is 2.93. The summed E-state index contributed by atoms with van der Waals surface area (Å²) in [6.07, 6.45) is 2.06. The van der Waals surface area contributed by atoms with Gasteiger partial charge in [-0.3, -0.25) is 0 Å². The predicted octanol–water partition coefficient (Wildman–Crippen LogP) is 2.48. The lowest BCUT2D eigenvalue weighted by Crippen LogP contribution is -2.28. The molecule has 6 heteroatoms. The molecule has 0 aliphatic carbocycles. The molecule has 3 rings (SSSR count). The summed E-state index contributed by atoms with van der Waals surface area (Å²) in [6.45, 7) is 1.81. The lowest BCUT2D eigenvalue weighted by Gasteiger charge is -2.18. The van der Waals surface area contributed by atoms with Crippen molar-refractivity contribution >= 4 is 0 Å². The minimum atomic E-state index is -0.914. The Kier molecular flexibility index (Phi) is 3.25. The van der Waals surface area contributed by atoms with E-state index in [1.54, 1.807) is 0 Å². The van der Waals surface area contributed by atoms with Gasteiger partial charge in [0.25, 0.3) is 0 Å². The highest BCUT2D eigenvalue weighted by Crippen LogP contribution is 2.25. The van der Waals surface area contributed by atoms with Crippen LogP contribution in [0, 0.1) is 11.6 Å². The molecule has 1 aliphatic rings. The molecule has 0 saturated carbocycles. The number of nitrogens with zero attached hydrogens (tertiary/aromatic N) is 2. The van der Waals surface area contributed by atoms with Crippen LogP contribution in [0.1, 0.15) is 24.7 Å². The fourth-order valence-corrected chi connectivity index (χ4v) is 2.22. The van der Waals surface area contributed by atoms with Crippen molar-refractivity contribution in [1.82, 2.24) is 15.5 Å². The van der Waals surface area contributed by atoms with Gasteiger partial charge >= 0.3 is 0 Å². The molecule has 2 heterocycles. The van der Waals surface area contributed by atoms with Gasteiger partial charge in [0.2, 0.25) is 11.7 Å². The van der Waals surface area contributed by atoms with Crippen molar-refractivity contribution in [1.29, 1.82) is 0 Å². The molecule has 4 nitrogen and oxygen atoms in total. The van der Waals surface area contributed by atoms with Crippen molar-refractivity contribution in [3.63, 3.8) is 0 Å². The molecule has 0 radical (unpaired) electrons. The van der Waals surface area contributed by atoms with Crippen molar-refractivity contribution in [3.05, 3.63) is 35.7 Å². The minimum Gasteiger partial charge on any atom is -0.339 e. The molecule has 2 aromatic rings. The quantitative estimate of drug-likeness (QED) is 0.906. The molecule has 1 aromatic heterocycles. The van der Waals surface area contributed by atoms with Gasteiger partial charge in [-0.1, -0.05) is 5.16 Å². The van der Waals surface area contributed by atoms with Crippen molar-refractivity contribution < 1.29 is 13.3 Å². The van der Waals surface area contributed by atoms with Gasteiger partial charge in [-0.15, -0.1) is 0 Å². The van der Waals surface area contributed by atoms with Crippen LogP contribution < -0.4 is 5.32 Å². The predicted molar refractivity (Wildman–Crippen MR) is 64.5 cm³/mol. The number of nitrogens with one attached hydrogen (secondary N) is 1. The lowest BCUT2D eigenvalue weighted by atomic mass is 10.00. The van der Waals surface area contributed by atoms with Gasteiger partial charge in [-0.25, -0.2) is 8.78 Å². The average molecular weight is 265 g/mol. The van der Waals surface area contributed by atoms with E-state index in [4.69, 9.17) is 4.52 Å². The summed E-state index contributed by atoms with van der Waals surface area (Å²) >= 11 is 0. The molecule has 0 unspecified atom stereocenters. The second-order valence-corrected chi connectivity index (χ2v) is 4.63. The summed E-state index contributed by atoms with van der Waals surface area (Å²) in [5, 5.41) is 7.09. The standard InChI is InChI=1S/C13H13F2N3O/c14-10-4-3-8(6-11(10)15)12-17-13(19-18-12)9-2-1-5-16-7-9/h3-4,6,9,16H,1-2,5,7H2/t9-/m1/s1. The Bertz CT molecular complexity index is 579. The molecule has 100 valence electrons. The summed E-state index contributed by atoms with van der Waals surface area (Å²) in [4.78, 5) is 4.27. The summed E-state index contributed by atoms with van der Waals surface area (Å²) in [5.41, 5.74) is 0.415. The zero-order valence-electron chi connectivity index (χ0n) is 10.2. The number of rotatable bonds is 2. The molecule has 1 N–H and O–H groups in total. The van der Waals surface area contributed by atoms with Gasteiger partial charge in [0, 0.05) is 12.1 Å². The van der Waals surface area contributed by atoms with Gasteiger partial charge in [0.1, 0.15) is 0 Å². The van der Waals surface area contributed by atoms with Gasteiger partial charge in [0.05, 0.1) is 5.92 Å². The van der Waals surface area contributed by atoms with Crippen LogP contribution in [0.25, 0.3) is 11.4 Å². The summed E-state index contributed by atoms with van der Waals surface area (Å²) in [6, 6.07) is 3.57. The van der Waals surface area contributed by atoms with Crippen LogP contribution >= 0.6 is 0 Å². The third kappa shape index (κ3) is 2.49. The number of piperidine rings is 1. The molecular weight excluding hydrogens is 252 g/mol. The fourth-order valence-electron chi connectivity index (χ4n) is 2.22. The Morgan fingerprint density at radius 1 is 1.26 bits per heavy atom. The second-order valence-electron chi connectivity index (χ2n) is 4.63. The fraction of sp³-hybridized carbons (Fsp3) is 0.385. The Morgan fingerprint density at radius 3 is 2.89 bits per heavy atom. The van der Waals surface area contributed by atoms with E-state index in [0.29, 0.717) is 17.3 Å². The Hall–Kier alpha value is -1.82. The first-order valence-corrected chi connectivity index (χ1v) is 6.24. The first-order valence-electron chi connectivity index (χ1n) is 6.24. The second kappa shape index (κ2) is 5.05. The van der Waals surface area contributed by atoms with Gasteiger partial charge in [-0.05, 0) is 37.6 Å². The van der Waals surface area contributed by atoms with Crippen molar-refractivity contribution in [3.8, 4) is 11.4 Å². The maximum Gasteiger partial charge on any atom is 0.231 e. The van der Waals surface area contributed by atoms with Crippen molar-refractivity contribution in [2.75, 3.05) is 13.1 Å². The maximum absolute atomic E-state index is 13.2. The normalized spacial score (nSPS) is 19.6. The first kappa shape index (κ1) is 12.2. The van der Waals surface area contributed by atoms with Crippen LogP contribution in [-0.4, -0.2) is 23.2 Å². The van der Waals surface area contributed by atoms with Crippen LogP contribution in [0.2, 0.25) is 0 Å². The number of aromatic nitrogens is 2. The summed E-state index contributed by atoms with van der Waals surface area (Å²) in [7, 11) is 0. The number of hydrogen-bond acceptors (Lipinski definition) is 4. The molecule has 0 amide bonds. The third-order valence-corrected chi connectivity index (χ3v) is 3.27. The number of hydrogen-bond donors (Lipinski definition) is 1. The van der Waals surface area contributed by atoms with Crippen LogP contribution in [0.3, 0.4) is 0 Å². The molecule has 1 atom stereocenters. The molecule has 0 spiro atoms. The maximum atomic E-state index is 13.2. The van der Waals surface area contributed by atoms with Crippen LogP contribution in [-0.2, 0) is 0 Å². The SMILES string of the molecule is Fc1ccc(-c2noc([C@@H]3CCCNC3)n2)cc1F. The van der Waals surface area contributed by atoms with Gasteiger partial charge in [-0.2, -0.15) is 4.98 Å².